The first-order valence-corrected chi connectivity index (χ1v) is 7.98. The van der Waals surface area contributed by atoms with E-state index in [2.05, 4.69) is 23.0 Å². The fourth-order valence-corrected chi connectivity index (χ4v) is 3.02. The molecule has 19 heavy (non-hydrogen) atoms. The van der Waals surface area contributed by atoms with Crippen LogP contribution in [0.4, 0.5) is 0 Å². The van der Waals surface area contributed by atoms with Crippen molar-refractivity contribution in [2.24, 2.45) is 0 Å². The lowest BCUT2D eigenvalue weighted by atomic mass is 10.0. The maximum atomic E-state index is 12.0. The molecule has 0 unspecified atom stereocenters. The lowest BCUT2D eigenvalue weighted by molar-refractivity contribution is 0.581. The van der Waals surface area contributed by atoms with Crippen molar-refractivity contribution in [3.05, 3.63) is 53.6 Å². The van der Waals surface area contributed by atoms with E-state index in [0.29, 0.717) is 11.4 Å². The first-order valence-electron chi connectivity index (χ1n) is 6.50. The minimum absolute atomic E-state index is 0.325. The Morgan fingerprint density at radius 3 is 2.53 bits per heavy atom. The topological polar surface area (TPSA) is 46.2 Å². The van der Waals surface area contributed by atoms with Crippen LogP contribution in [0.3, 0.4) is 0 Å². The van der Waals surface area contributed by atoms with Crippen molar-refractivity contribution in [1.82, 2.24) is 4.72 Å². The molecule has 1 aromatic rings. The smallest absolute Gasteiger partial charge is 0.211 e. The van der Waals surface area contributed by atoms with Crippen LogP contribution in [0.15, 0.2) is 53.0 Å². The van der Waals surface area contributed by atoms with Crippen molar-refractivity contribution < 1.29 is 8.42 Å². The Morgan fingerprint density at radius 2 is 1.89 bits per heavy atom. The summed E-state index contributed by atoms with van der Waals surface area (Å²) in [5.41, 5.74) is 2.26. The molecule has 0 saturated heterocycles. The SMILES string of the molecule is Cc1ccc(S(=O)(=O)NCCC2=CCCC=C2)cc1. The molecule has 0 spiro atoms. The van der Waals surface area contributed by atoms with Crippen molar-refractivity contribution in [1.29, 1.82) is 0 Å². The van der Waals surface area contributed by atoms with Gasteiger partial charge >= 0.3 is 0 Å². The molecule has 4 heteroatoms. The number of rotatable bonds is 5. The molecule has 3 nitrogen and oxygen atoms in total. The molecule has 102 valence electrons. The van der Waals surface area contributed by atoms with E-state index in [9.17, 15) is 8.42 Å². The molecular formula is C15H19NO2S. The first kappa shape index (κ1) is 14.0. The largest absolute Gasteiger partial charge is 0.240 e. The van der Waals surface area contributed by atoms with Gasteiger partial charge in [0.25, 0.3) is 0 Å². The highest BCUT2D eigenvalue weighted by molar-refractivity contribution is 7.89. The van der Waals surface area contributed by atoms with Crippen LogP contribution in [0.25, 0.3) is 0 Å². The van der Waals surface area contributed by atoms with Crippen molar-refractivity contribution >= 4 is 10.0 Å². The van der Waals surface area contributed by atoms with Gasteiger partial charge < -0.3 is 0 Å². The van der Waals surface area contributed by atoms with Crippen LogP contribution in [-0.4, -0.2) is 15.0 Å². The monoisotopic (exact) mass is 277 g/mol. The van der Waals surface area contributed by atoms with E-state index < -0.39 is 10.0 Å². The molecule has 1 N–H and O–H groups in total. The maximum Gasteiger partial charge on any atom is 0.240 e. The highest BCUT2D eigenvalue weighted by atomic mass is 32.2. The predicted octanol–water partition coefficient (Wildman–Crippen LogP) is 2.94. The van der Waals surface area contributed by atoms with Crippen LogP contribution >= 0.6 is 0 Å². The van der Waals surface area contributed by atoms with Gasteiger partial charge in [0.1, 0.15) is 0 Å². The summed E-state index contributed by atoms with van der Waals surface area (Å²) in [6.45, 7) is 2.37. The third kappa shape index (κ3) is 4.04. The van der Waals surface area contributed by atoms with Crippen molar-refractivity contribution in [3.8, 4) is 0 Å². The summed E-state index contributed by atoms with van der Waals surface area (Å²) in [5, 5.41) is 0. The van der Waals surface area contributed by atoms with Crippen LogP contribution in [-0.2, 0) is 10.0 Å². The van der Waals surface area contributed by atoms with E-state index in [1.165, 1.54) is 5.57 Å². The fraction of sp³-hybridized carbons (Fsp3) is 0.333. The Morgan fingerprint density at radius 1 is 1.16 bits per heavy atom. The molecule has 0 saturated carbocycles. The van der Waals surface area contributed by atoms with Gasteiger partial charge in [0.2, 0.25) is 10.0 Å². The van der Waals surface area contributed by atoms with E-state index in [4.69, 9.17) is 0 Å². The molecular weight excluding hydrogens is 258 g/mol. The second-order valence-corrected chi connectivity index (χ2v) is 6.49. The zero-order valence-electron chi connectivity index (χ0n) is 11.1. The van der Waals surface area contributed by atoms with Crippen LogP contribution in [0.2, 0.25) is 0 Å². The Hall–Kier alpha value is -1.39. The van der Waals surface area contributed by atoms with Crippen molar-refractivity contribution in [2.75, 3.05) is 6.54 Å². The quantitative estimate of drug-likeness (QED) is 0.899. The average Bonchev–Trinajstić information content (AvgIpc) is 2.40. The van der Waals surface area contributed by atoms with Gasteiger partial charge in [-0.25, -0.2) is 13.1 Å². The minimum atomic E-state index is -3.38. The summed E-state index contributed by atoms with van der Waals surface area (Å²) < 4.78 is 26.7. The number of aryl methyl sites for hydroxylation is 1. The highest BCUT2D eigenvalue weighted by Crippen LogP contribution is 2.13. The fourth-order valence-electron chi connectivity index (χ4n) is 1.98. The van der Waals surface area contributed by atoms with Crippen LogP contribution in [0, 0.1) is 6.92 Å². The number of hydrogen-bond acceptors (Lipinski definition) is 2. The molecule has 0 fully saturated rings. The molecule has 0 bridgehead atoms. The number of benzene rings is 1. The lowest BCUT2D eigenvalue weighted by Gasteiger charge is -2.09. The third-order valence-electron chi connectivity index (χ3n) is 3.11. The Balaban J connectivity index is 1.92. The first-order chi connectivity index (χ1) is 9.08. The molecule has 1 aromatic carbocycles. The van der Waals surface area contributed by atoms with Crippen LogP contribution < -0.4 is 4.72 Å². The number of nitrogens with one attached hydrogen (secondary N) is 1. The normalized spacial score (nSPS) is 15.3. The molecule has 2 rings (SSSR count). The van der Waals surface area contributed by atoms with E-state index in [1.54, 1.807) is 24.3 Å². The highest BCUT2D eigenvalue weighted by Gasteiger charge is 2.12. The standard InChI is InChI=1S/C15H19NO2S/c1-13-7-9-15(10-8-13)19(17,18)16-12-11-14-5-3-2-4-6-14/h3,5-10,16H,2,4,11-12H2,1H3. The molecule has 0 amide bonds. The van der Waals surface area contributed by atoms with Crippen LogP contribution in [0.1, 0.15) is 24.8 Å². The van der Waals surface area contributed by atoms with Gasteiger partial charge in [-0.05, 0) is 38.3 Å². The second kappa shape index (κ2) is 6.17. The van der Waals surface area contributed by atoms with Gasteiger partial charge in [-0.2, -0.15) is 0 Å². The van der Waals surface area contributed by atoms with Crippen LogP contribution in [0.5, 0.6) is 0 Å². The second-order valence-electron chi connectivity index (χ2n) is 4.72. The summed E-state index contributed by atoms with van der Waals surface area (Å²) in [6.07, 6.45) is 9.24. The zero-order valence-corrected chi connectivity index (χ0v) is 11.9. The van der Waals surface area contributed by atoms with E-state index >= 15 is 0 Å². The van der Waals surface area contributed by atoms with E-state index in [-0.39, 0.29) is 0 Å². The van der Waals surface area contributed by atoms with Gasteiger partial charge in [-0.15, -0.1) is 0 Å². The third-order valence-corrected chi connectivity index (χ3v) is 4.59. The Kier molecular flexibility index (Phi) is 4.56. The molecule has 1 aliphatic carbocycles. The lowest BCUT2D eigenvalue weighted by Crippen LogP contribution is -2.25. The minimum Gasteiger partial charge on any atom is -0.211 e. The molecule has 1 aliphatic rings. The van der Waals surface area contributed by atoms with E-state index in [1.807, 2.05) is 6.92 Å². The maximum absolute atomic E-state index is 12.0. The summed E-state index contributed by atoms with van der Waals surface area (Å²) in [4.78, 5) is 0.325. The Bertz CT molecular complexity index is 583. The Labute approximate surface area is 115 Å². The van der Waals surface area contributed by atoms with Gasteiger partial charge in [0.15, 0.2) is 0 Å². The predicted molar refractivity (Wildman–Crippen MR) is 77.4 cm³/mol. The molecule has 0 aromatic heterocycles. The summed E-state index contributed by atoms with van der Waals surface area (Å²) >= 11 is 0. The molecule has 0 aliphatic heterocycles. The summed E-state index contributed by atoms with van der Waals surface area (Å²) in [7, 11) is -3.38. The number of sulfonamides is 1. The van der Waals surface area contributed by atoms with Crippen molar-refractivity contribution in [3.63, 3.8) is 0 Å². The molecule has 0 radical (unpaired) electrons. The van der Waals surface area contributed by atoms with E-state index in [0.717, 1.165) is 24.8 Å². The number of allylic oxidation sites excluding steroid dienone is 3. The van der Waals surface area contributed by atoms with Gasteiger partial charge in [0.05, 0.1) is 4.90 Å². The van der Waals surface area contributed by atoms with Gasteiger partial charge in [0, 0.05) is 6.54 Å². The van der Waals surface area contributed by atoms with Gasteiger partial charge in [-0.3, -0.25) is 0 Å². The summed E-state index contributed by atoms with van der Waals surface area (Å²) in [6, 6.07) is 6.89. The van der Waals surface area contributed by atoms with Gasteiger partial charge in [-0.1, -0.05) is 41.5 Å². The molecule has 0 heterocycles. The molecule has 0 atom stereocenters. The zero-order chi connectivity index (χ0) is 13.7. The number of hydrogen-bond donors (Lipinski definition) is 1. The summed E-state index contributed by atoms with van der Waals surface area (Å²) in [5.74, 6) is 0. The average molecular weight is 277 g/mol. The van der Waals surface area contributed by atoms with Crippen molar-refractivity contribution in [2.45, 2.75) is 31.1 Å².